The van der Waals surface area contributed by atoms with E-state index in [0.29, 0.717) is 48.7 Å². The molecule has 0 aliphatic heterocycles. The molecular weight excluding hydrogens is 402 g/mol. The molecule has 0 radical (unpaired) electrons. The standard InChI is InChI=1S/C22H27N3O4S/c1-3-14-29-19-12-7-5-10-17(19)21(27)25-22(30)24-18-11-6-4-9-16(18)20(26)23-13-8-15-28-2/h4-7,9-12H,3,8,13-15H2,1-2H3,(H,23,26)(H2,24,25,27,30). The van der Waals surface area contributed by atoms with Gasteiger partial charge in [-0.05, 0) is 49.3 Å². The van der Waals surface area contributed by atoms with Crippen molar-refractivity contribution >= 4 is 34.8 Å². The summed E-state index contributed by atoms with van der Waals surface area (Å²) >= 11 is 5.28. The van der Waals surface area contributed by atoms with Crippen LogP contribution in [-0.2, 0) is 4.74 Å². The van der Waals surface area contributed by atoms with Crippen LogP contribution in [-0.4, -0.2) is 43.8 Å². The molecule has 0 bridgehead atoms. The Morgan fingerprint density at radius 1 is 0.967 bits per heavy atom. The minimum absolute atomic E-state index is 0.0879. The molecule has 2 amide bonds. The molecule has 2 aromatic rings. The molecule has 30 heavy (non-hydrogen) atoms. The summed E-state index contributed by atoms with van der Waals surface area (Å²) < 4.78 is 10.6. The van der Waals surface area contributed by atoms with E-state index in [1.165, 1.54) is 0 Å². The number of thiocarbonyl (C=S) groups is 1. The summed E-state index contributed by atoms with van der Waals surface area (Å²) in [7, 11) is 1.62. The molecule has 0 saturated heterocycles. The lowest BCUT2D eigenvalue weighted by Crippen LogP contribution is -2.35. The van der Waals surface area contributed by atoms with Crippen LogP contribution >= 0.6 is 12.2 Å². The van der Waals surface area contributed by atoms with E-state index in [9.17, 15) is 9.59 Å². The second kappa shape index (κ2) is 12.6. The Hall–Kier alpha value is -2.97. The summed E-state index contributed by atoms with van der Waals surface area (Å²) in [5, 5.41) is 8.49. The van der Waals surface area contributed by atoms with Gasteiger partial charge in [-0.2, -0.15) is 0 Å². The van der Waals surface area contributed by atoms with Gasteiger partial charge in [0.2, 0.25) is 0 Å². The van der Waals surface area contributed by atoms with Gasteiger partial charge in [-0.3, -0.25) is 14.9 Å². The smallest absolute Gasteiger partial charge is 0.261 e. The van der Waals surface area contributed by atoms with E-state index in [2.05, 4.69) is 16.0 Å². The zero-order chi connectivity index (χ0) is 21.8. The van der Waals surface area contributed by atoms with Crippen molar-refractivity contribution in [2.45, 2.75) is 19.8 Å². The van der Waals surface area contributed by atoms with Crippen LogP contribution in [0.1, 0.15) is 40.5 Å². The molecule has 0 aromatic heterocycles. The SMILES string of the molecule is CCCOc1ccccc1C(=O)NC(=S)Nc1ccccc1C(=O)NCCCOC. The van der Waals surface area contributed by atoms with E-state index in [4.69, 9.17) is 21.7 Å². The van der Waals surface area contributed by atoms with Gasteiger partial charge < -0.3 is 20.1 Å². The van der Waals surface area contributed by atoms with Gasteiger partial charge in [-0.1, -0.05) is 31.2 Å². The lowest BCUT2D eigenvalue weighted by Gasteiger charge is -2.15. The second-order valence-electron chi connectivity index (χ2n) is 6.40. The first-order valence-electron chi connectivity index (χ1n) is 9.77. The van der Waals surface area contributed by atoms with Crippen molar-refractivity contribution in [1.82, 2.24) is 10.6 Å². The third kappa shape index (κ3) is 7.13. The Bertz CT molecular complexity index is 873. The number of ether oxygens (including phenoxy) is 2. The number of anilines is 1. The van der Waals surface area contributed by atoms with Crippen molar-refractivity contribution in [2.75, 3.05) is 32.2 Å². The Balaban J connectivity index is 2.02. The molecule has 0 atom stereocenters. The Labute approximate surface area is 182 Å². The summed E-state index contributed by atoms with van der Waals surface area (Å²) in [6, 6.07) is 13.9. The summed E-state index contributed by atoms with van der Waals surface area (Å²) in [5.74, 6) is -0.127. The predicted octanol–water partition coefficient (Wildman–Crippen LogP) is 3.37. The largest absolute Gasteiger partial charge is 0.493 e. The number of methoxy groups -OCH3 is 1. The average molecular weight is 430 g/mol. The summed E-state index contributed by atoms with van der Waals surface area (Å²) in [5.41, 5.74) is 1.32. The molecule has 7 nitrogen and oxygen atoms in total. The van der Waals surface area contributed by atoms with Crippen molar-refractivity contribution in [1.29, 1.82) is 0 Å². The molecule has 0 fully saturated rings. The molecule has 2 rings (SSSR count). The third-order valence-corrected chi connectivity index (χ3v) is 4.26. The number of rotatable bonds is 10. The van der Waals surface area contributed by atoms with Gasteiger partial charge in [0.25, 0.3) is 11.8 Å². The van der Waals surface area contributed by atoms with E-state index in [-0.39, 0.29) is 16.9 Å². The van der Waals surface area contributed by atoms with Gasteiger partial charge in [-0.25, -0.2) is 0 Å². The van der Waals surface area contributed by atoms with Crippen LogP contribution in [0.5, 0.6) is 5.75 Å². The van der Waals surface area contributed by atoms with E-state index in [1.807, 2.05) is 6.92 Å². The Kier molecular flexibility index (Phi) is 9.76. The van der Waals surface area contributed by atoms with Crippen molar-refractivity contribution in [3.05, 3.63) is 59.7 Å². The minimum atomic E-state index is -0.388. The van der Waals surface area contributed by atoms with Gasteiger partial charge in [0.1, 0.15) is 5.75 Å². The van der Waals surface area contributed by atoms with Gasteiger partial charge in [0, 0.05) is 20.3 Å². The van der Waals surface area contributed by atoms with E-state index in [1.54, 1.807) is 55.6 Å². The fraction of sp³-hybridized carbons (Fsp3) is 0.318. The highest BCUT2D eigenvalue weighted by Gasteiger charge is 2.15. The molecule has 0 aliphatic carbocycles. The van der Waals surface area contributed by atoms with E-state index < -0.39 is 0 Å². The van der Waals surface area contributed by atoms with Crippen LogP contribution in [0, 0.1) is 0 Å². The van der Waals surface area contributed by atoms with Crippen molar-refractivity contribution in [3.8, 4) is 5.75 Å². The molecule has 3 N–H and O–H groups in total. The molecule has 160 valence electrons. The van der Waals surface area contributed by atoms with Crippen LogP contribution in [0.4, 0.5) is 5.69 Å². The van der Waals surface area contributed by atoms with Gasteiger partial charge >= 0.3 is 0 Å². The lowest BCUT2D eigenvalue weighted by molar-refractivity contribution is 0.0947. The number of amides is 2. The minimum Gasteiger partial charge on any atom is -0.493 e. The van der Waals surface area contributed by atoms with Crippen molar-refractivity contribution in [3.63, 3.8) is 0 Å². The van der Waals surface area contributed by atoms with E-state index >= 15 is 0 Å². The monoisotopic (exact) mass is 429 g/mol. The summed E-state index contributed by atoms with van der Waals surface area (Å²) in [6.07, 6.45) is 1.55. The predicted molar refractivity (Wildman–Crippen MR) is 121 cm³/mol. The normalized spacial score (nSPS) is 10.2. The molecule has 2 aromatic carbocycles. The van der Waals surface area contributed by atoms with E-state index in [0.717, 1.165) is 6.42 Å². The van der Waals surface area contributed by atoms with Crippen LogP contribution in [0.25, 0.3) is 0 Å². The number of hydrogen-bond acceptors (Lipinski definition) is 5. The average Bonchev–Trinajstić information content (AvgIpc) is 2.75. The maximum atomic E-state index is 12.6. The van der Waals surface area contributed by atoms with Crippen LogP contribution in [0.2, 0.25) is 0 Å². The van der Waals surface area contributed by atoms with Gasteiger partial charge in [0.15, 0.2) is 5.11 Å². The zero-order valence-corrected chi connectivity index (χ0v) is 18.0. The summed E-state index contributed by atoms with van der Waals surface area (Å²) in [6.45, 7) is 3.57. The van der Waals surface area contributed by atoms with Crippen LogP contribution < -0.4 is 20.7 Å². The highest BCUT2D eigenvalue weighted by molar-refractivity contribution is 7.80. The topological polar surface area (TPSA) is 88.7 Å². The van der Waals surface area contributed by atoms with Gasteiger partial charge in [0.05, 0.1) is 23.4 Å². The molecular formula is C22H27N3O4S. The van der Waals surface area contributed by atoms with Crippen LogP contribution in [0.3, 0.4) is 0 Å². The first-order valence-corrected chi connectivity index (χ1v) is 10.2. The molecule has 8 heteroatoms. The number of nitrogens with one attached hydrogen (secondary N) is 3. The highest BCUT2D eigenvalue weighted by Crippen LogP contribution is 2.19. The fourth-order valence-electron chi connectivity index (χ4n) is 2.62. The quantitative estimate of drug-likeness (QED) is 0.396. The number of carbonyl (C=O) groups is 2. The molecule has 0 aliphatic rings. The maximum absolute atomic E-state index is 12.6. The Morgan fingerprint density at radius 2 is 1.67 bits per heavy atom. The van der Waals surface area contributed by atoms with Gasteiger partial charge in [-0.15, -0.1) is 0 Å². The first-order chi connectivity index (χ1) is 14.6. The number of hydrogen-bond donors (Lipinski definition) is 3. The molecule has 0 unspecified atom stereocenters. The maximum Gasteiger partial charge on any atom is 0.261 e. The highest BCUT2D eigenvalue weighted by atomic mass is 32.1. The lowest BCUT2D eigenvalue weighted by atomic mass is 10.1. The van der Waals surface area contributed by atoms with Crippen molar-refractivity contribution in [2.24, 2.45) is 0 Å². The number of para-hydroxylation sites is 2. The number of carbonyl (C=O) groups excluding carboxylic acids is 2. The zero-order valence-electron chi connectivity index (χ0n) is 17.2. The summed E-state index contributed by atoms with van der Waals surface area (Å²) in [4.78, 5) is 25.1. The molecule has 0 heterocycles. The third-order valence-electron chi connectivity index (χ3n) is 4.05. The van der Waals surface area contributed by atoms with Crippen LogP contribution in [0.15, 0.2) is 48.5 Å². The molecule has 0 saturated carbocycles. The first kappa shape index (κ1) is 23.3. The Morgan fingerprint density at radius 3 is 2.40 bits per heavy atom. The second-order valence-corrected chi connectivity index (χ2v) is 6.81. The fourth-order valence-corrected chi connectivity index (χ4v) is 2.82. The number of benzene rings is 2. The molecule has 0 spiro atoms. The van der Waals surface area contributed by atoms with Crippen molar-refractivity contribution < 1.29 is 19.1 Å².